The summed E-state index contributed by atoms with van der Waals surface area (Å²) in [5.41, 5.74) is 2.89. The van der Waals surface area contributed by atoms with Crippen LogP contribution in [0.3, 0.4) is 0 Å². The van der Waals surface area contributed by atoms with Crippen molar-refractivity contribution in [2.45, 2.75) is 26.2 Å². The predicted molar refractivity (Wildman–Crippen MR) is 131 cm³/mol. The summed E-state index contributed by atoms with van der Waals surface area (Å²) in [6, 6.07) is 8.93. The minimum absolute atomic E-state index is 0.0361. The van der Waals surface area contributed by atoms with E-state index in [9.17, 15) is 13.6 Å². The monoisotopic (exact) mass is 490 g/mol. The van der Waals surface area contributed by atoms with Crippen molar-refractivity contribution < 1.29 is 13.5 Å². The van der Waals surface area contributed by atoms with Gasteiger partial charge in [0.25, 0.3) is 0 Å². The van der Waals surface area contributed by atoms with Crippen molar-refractivity contribution in [3.63, 3.8) is 0 Å². The summed E-state index contributed by atoms with van der Waals surface area (Å²) in [5.74, 6) is -1.21. The zero-order chi connectivity index (χ0) is 24.3. The fourth-order valence-electron chi connectivity index (χ4n) is 4.39. The number of hydrogen-bond donors (Lipinski definition) is 0. The Bertz CT molecular complexity index is 1690. The third-order valence-corrected chi connectivity index (χ3v) is 7.55. The van der Waals surface area contributed by atoms with Gasteiger partial charge in [-0.1, -0.05) is 0 Å². The van der Waals surface area contributed by atoms with E-state index in [1.807, 2.05) is 26.0 Å². The lowest BCUT2D eigenvalue weighted by molar-refractivity contribution is 0.193. The van der Waals surface area contributed by atoms with Crippen LogP contribution in [0.25, 0.3) is 37.4 Å². The molecule has 1 saturated heterocycles. The quantitative estimate of drug-likeness (QED) is 0.336. The second kappa shape index (κ2) is 8.28. The fraction of sp³-hybridized carbons (Fsp3) is 0.231. The van der Waals surface area contributed by atoms with E-state index in [4.69, 9.17) is 4.74 Å². The number of fused-ring (bicyclic) bond motifs is 2. The van der Waals surface area contributed by atoms with Gasteiger partial charge in [0.15, 0.2) is 11.5 Å². The van der Waals surface area contributed by atoms with Crippen LogP contribution in [-0.2, 0) is 4.74 Å². The minimum Gasteiger partial charge on any atom is -0.381 e. The minimum atomic E-state index is -0.782. The first-order chi connectivity index (χ1) is 16.9. The van der Waals surface area contributed by atoms with Gasteiger partial charge < -0.3 is 4.74 Å². The lowest BCUT2D eigenvalue weighted by Gasteiger charge is -2.13. The molecule has 0 amide bonds. The van der Waals surface area contributed by atoms with Gasteiger partial charge in [-0.3, -0.25) is 9.78 Å². The molecule has 0 bridgehead atoms. The Kier molecular flexibility index (Phi) is 5.19. The number of ether oxygens (including phenoxy) is 1. The van der Waals surface area contributed by atoms with Gasteiger partial charge in [0, 0.05) is 46.3 Å². The summed E-state index contributed by atoms with van der Waals surface area (Å²) < 4.78 is 36.3. The van der Waals surface area contributed by atoms with Crippen molar-refractivity contribution in [3.8, 4) is 16.3 Å². The average molecular weight is 491 g/mol. The van der Waals surface area contributed by atoms with E-state index in [2.05, 4.69) is 15.1 Å². The van der Waals surface area contributed by atoms with Crippen LogP contribution < -0.4 is 5.43 Å². The van der Waals surface area contributed by atoms with Crippen LogP contribution in [0.2, 0.25) is 0 Å². The Labute approximate surface area is 202 Å². The molecule has 9 heteroatoms. The maximum absolute atomic E-state index is 14.8. The summed E-state index contributed by atoms with van der Waals surface area (Å²) in [6.45, 7) is 5.06. The van der Waals surface area contributed by atoms with Gasteiger partial charge in [0.1, 0.15) is 17.0 Å². The molecule has 1 aliphatic rings. The second-order valence-corrected chi connectivity index (χ2v) is 9.85. The van der Waals surface area contributed by atoms with Gasteiger partial charge in [0.05, 0.1) is 17.0 Å². The van der Waals surface area contributed by atoms with Crippen molar-refractivity contribution in [2.24, 2.45) is 0 Å². The number of pyridine rings is 2. The molecule has 0 radical (unpaired) electrons. The molecule has 1 fully saturated rings. The van der Waals surface area contributed by atoms with Crippen LogP contribution in [0.5, 0.6) is 0 Å². The molecule has 176 valence electrons. The van der Waals surface area contributed by atoms with E-state index in [1.54, 1.807) is 12.3 Å². The molecule has 1 atom stereocenters. The lowest BCUT2D eigenvalue weighted by atomic mass is 10.0. The van der Waals surface area contributed by atoms with Crippen molar-refractivity contribution in [3.05, 3.63) is 81.4 Å². The molecule has 0 unspecified atom stereocenters. The highest BCUT2D eigenvalue weighted by atomic mass is 32.1. The van der Waals surface area contributed by atoms with Gasteiger partial charge in [-0.05, 0) is 56.2 Å². The summed E-state index contributed by atoms with van der Waals surface area (Å²) in [4.78, 5) is 23.3. The standard InChI is InChI=1S/C26H20F2N4O2S/c1-13-7-21-24(30-14(13)2)26(33)25(31-32(21)20-4-3-17(27)9-18(20)28)23-8-16-11-29-19(10-22(16)35-23)15-5-6-34-12-15/h3-4,7-11,15H,5-6,12H2,1-2H3/t15-/m0/s1. The van der Waals surface area contributed by atoms with Crippen molar-refractivity contribution in [1.29, 1.82) is 0 Å². The molecule has 6 rings (SSSR count). The number of aryl methyl sites for hydroxylation is 2. The molecule has 0 aliphatic carbocycles. The number of aromatic nitrogens is 4. The number of benzene rings is 1. The van der Waals surface area contributed by atoms with E-state index >= 15 is 0 Å². The Morgan fingerprint density at radius 3 is 2.77 bits per heavy atom. The highest BCUT2D eigenvalue weighted by molar-refractivity contribution is 7.22. The molecule has 6 nitrogen and oxygen atoms in total. The number of nitrogens with zero attached hydrogens (tertiary/aromatic N) is 4. The van der Waals surface area contributed by atoms with Crippen LogP contribution >= 0.6 is 11.3 Å². The smallest absolute Gasteiger partial charge is 0.235 e. The van der Waals surface area contributed by atoms with E-state index in [0.29, 0.717) is 22.7 Å². The lowest BCUT2D eigenvalue weighted by Crippen LogP contribution is -2.18. The normalized spacial score (nSPS) is 15.9. The Morgan fingerprint density at radius 2 is 2.00 bits per heavy atom. The molecule has 0 saturated carbocycles. The van der Waals surface area contributed by atoms with Crippen LogP contribution in [0.15, 0.2) is 47.4 Å². The summed E-state index contributed by atoms with van der Waals surface area (Å²) in [7, 11) is 0. The highest BCUT2D eigenvalue weighted by Crippen LogP contribution is 2.34. The Morgan fingerprint density at radius 1 is 1.14 bits per heavy atom. The largest absolute Gasteiger partial charge is 0.381 e. The SMILES string of the molecule is Cc1cc2c(nc1C)c(=O)c(-c1cc3cnc([C@H]4CCOC4)cc3s1)nn2-c1ccc(F)cc1F. The zero-order valence-corrected chi connectivity index (χ0v) is 19.8. The van der Waals surface area contributed by atoms with Crippen molar-refractivity contribution in [1.82, 2.24) is 19.7 Å². The number of halogens is 2. The van der Waals surface area contributed by atoms with Gasteiger partial charge in [0.2, 0.25) is 5.43 Å². The summed E-state index contributed by atoms with van der Waals surface area (Å²) >= 11 is 1.43. The van der Waals surface area contributed by atoms with Gasteiger partial charge in [-0.2, -0.15) is 5.10 Å². The molecular formula is C26H20F2N4O2S. The topological polar surface area (TPSA) is 69.9 Å². The third kappa shape index (κ3) is 3.71. The summed E-state index contributed by atoms with van der Waals surface area (Å²) in [5, 5.41) is 5.46. The molecule has 1 aliphatic heterocycles. The first kappa shape index (κ1) is 21.9. The van der Waals surface area contributed by atoms with Crippen LogP contribution in [-0.4, -0.2) is 33.0 Å². The van der Waals surface area contributed by atoms with Gasteiger partial charge >= 0.3 is 0 Å². The van der Waals surface area contributed by atoms with Crippen molar-refractivity contribution >= 4 is 32.5 Å². The van der Waals surface area contributed by atoms with E-state index in [-0.39, 0.29) is 28.2 Å². The second-order valence-electron chi connectivity index (χ2n) is 8.76. The first-order valence-electron chi connectivity index (χ1n) is 11.2. The molecule has 0 spiro atoms. The number of hydrogen-bond acceptors (Lipinski definition) is 6. The maximum atomic E-state index is 14.8. The highest BCUT2D eigenvalue weighted by Gasteiger charge is 2.22. The first-order valence-corrected chi connectivity index (χ1v) is 12.0. The fourth-order valence-corrected chi connectivity index (χ4v) is 5.45. The predicted octanol–water partition coefficient (Wildman–Crippen LogP) is 5.46. The molecule has 0 N–H and O–H groups in total. The zero-order valence-electron chi connectivity index (χ0n) is 19.0. The summed E-state index contributed by atoms with van der Waals surface area (Å²) in [6.07, 6.45) is 2.73. The van der Waals surface area contributed by atoms with Gasteiger partial charge in [-0.25, -0.2) is 18.4 Å². The van der Waals surface area contributed by atoms with Crippen molar-refractivity contribution in [2.75, 3.05) is 13.2 Å². The Hall–Kier alpha value is -3.56. The molecule has 5 aromatic rings. The number of thiophene rings is 1. The Balaban J connectivity index is 1.59. The molecule has 1 aromatic carbocycles. The third-order valence-electron chi connectivity index (χ3n) is 6.45. The van der Waals surface area contributed by atoms with Gasteiger partial charge in [-0.15, -0.1) is 11.3 Å². The van der Waals surface area contributed by atoms with E-state index < -0.39 is 11.6 Å². The van der Waals surface area contributed by atoms with E-state index in [0.717, 1.165) is 46.5 Å². The van der Waals surface area contributed by atoms with Crippen LogP contribution in [0.4, 0.5) is 8.78 Å². The molecule has 5 heterocycles. The maximum Gasteiger partial charge on any atom is 0.235 e. The van der Waals surface area contributed by atoms with Crippen LogP contribution in [0, 0.1) is 25.5 Å². The van der Waals surface area contributed by atoms with E-state index in [1.165, 1.54) is 22.1 Å². The van der Waals surface area contributed by atoms with Crippen LogP contribution in [0.1, 0.15) is 29.3 Å². The molecule has 4 aromatic heterocycles. The average Bonchev–Trinajstić information content (AvgIpc) is 3.51. The number of rotatable bonds is 3. The molecular weight excluding hydrogens is 470 g/mol. The molecule has 35 heavy (non-hydrogen) atoms.